The normalized spacial score (nSPS) is 18.0. The average molecular weight is 422 g/mol. The fourth-order valence-electron chi connectivity index (χ4n) is 5.14. The second-order valence-electron chi connectivity index (χ2n) is 8.55. The van der Waals surface area contributed by atoms with Crippen molar-refractivity contribution in [3.63, 3.8) is 0 Å². The lowest BCUT2D eigenvalue weighted by atomic mass is 9.89. The third-order valence-electron chi connectivity index (χ3n) is 6.77. The molecule has 0 spiro atoms. The number of nitrogens with zero attached hydrogens (tertiary/aromatic N) is 2. The summed E-state index contributed by atoms with van der Waals surface area (Å²) in [6, 6.07) is 14.4. The van der Waals surface area contributed by atoms with Crippen molar-refractivity contribution in [3.8, 4) is 0 Å². The highest BCUT2D eigenvalue weighted by atomic mass is 35.5. The van der Waals surface area contributed by atoms with E-state index in [-0.39, 0.29) is 5.91 Å². The molecule has 1 amide bonds. The van der Waals surface area contributed by atoms with Gasteiger partial charge in [0.1, 0.15) is 0 Å². The molecule has 0 atom stereocenters. The zero-order valence-corrected chi connectivity index (χ0v) is 18.0. The zero-order valence-electron chi connectivity index (χ0n) is 17.2. The smallest absolute Gasteiger partial charge is 0.228 e. The number of piperidine rings is 1. The van der Waals surface area contributed by atoms with Gasteiger partial charge >= 0.3 is 0 Å². The Bertz CT molecular complexity index is 1050. The molecule has 0 saturated carbocycles. The monoisotopic (exact) mass is 421 g/mol. The van der Waals surface area contributed by atoms with E-state index in [1.165, 1.54) is 16.5 Å². The Hall–Kier alpha value is -2.30. The number of hydrogen-bond acceptors (Lipinski definition) is 2. The molecule has 0 bridgehead atoms. The minimum atomic E-state index is 0.257. The van der Waals surface area contributed by atoms with E-state index in [4.69, 9.17) is 11.6 Å². The summed E-state index contributed by atoms with van der Waals surface area (Å²) in [5.74, 6) is 0.784. The molecule has 2 aromatic carbocycles. The van der Waals surface area contributed by atoms with Crippen LogP contribution in [0.1, 0.15) is 42.7 Å². The Morgan fingerprint density at radius 3 is 2.77 bits per heavy atom. The number of benzene rings is 2. The number of nitrogens with one attached hydrogen (secondary N) is 1. The lowest BCUT2D eigenvalue weighted by Gasteiger charge is -2.33. The van der Waals surface area contributed by atoms with Crippen molar-refractivity contribution in [2.75, 3.05) is 31.1 Å². The van der Waals surface area contributed by atoms with Gasteiger partial charge in [-0.25, -0.2) is 0 Å². The van der Waals surface area contributed by atoms with Gasteiger partial charge in [0.25, 0.3) is 0 Å². The second kappa shape index (κ2) is 8.44. The van der Waals surface area contributed by atoms with Crippen molar-refractivity contribution in [2.45, 2.75) is 38.0 Å². The van der Waals surface area contributed by atoms with Gasteiger partial charge in [0.15, 0.2) is 0 Å². The van der Waals surface area contributed by atoms with E-state index in [1.54, 1.807) is 0 Å². The third-order valence-corrected chi connectivity index (χ3v) is 7.08. The molecule has 3 heterocycles. The first kappa shape index (κ1) is 19.7. The number of aromatic amines is 1. The van der Waals surface area contributed by atoms with Gasteiger partial charge in [0, 0.05) is 42.3 Å². The van der Waals surface area contributed by atoms with Crippen LogP contribution in [0.15, 0.2) is 48.7 Å². The number of fused-ring (bicyclic) bond motifs is 2. The predicted octanol–water partition coefficient (Wildman–Crippen LogP) is 5.37. The Morgan fingerprint density at radius 1 is 1.07 bits per heavy atom. The van der Waals surface area contributed by atoms with Crippen molar-refractivity contribution >= 4 is 34.1 Å². The fourth-order valence-corrected chi connectivity index (χ4v) is 5.42. The van der Waals surface area contributed by atoms with Crippen LogP contribution in [0.25, 0.3) is 10.9 Å². The summed E-state index contributed by atoms with van der Waals surface area (Å²) in [6.45, 7) is 3.76. The molecule has 1 aromatic heterocycles. The standard InChI is InChI=1S/C25H28ClN3O/c26-21-7-3-8-22-25(21)20(17-27-22)18-10-14-28(15-11-18)16-12-24(30)29-13-4-6-19-5-1-2-9-23(19)29/h1-3,5,7-9,17-18,27H,4,6,10-16H2. The lowest BCUT2D eigenvalue weighted by molar-refractivity contribution is -0.119. The molecular weight excluding hydrogens is 394 g/mol. The molecule has 1 fully saturated rings. The topological polar surface area (TPSA) is 39.3 Å². The summed E-state index contributed by atoms with van der Waals surface area (Å²) in [5.41, 5.74) is 4.88. The Morgan fingerprint density at radius 2 is 1.90 bits per heavy atom. The first-order valence-corrected chi connectivity index (χ1v) is 11.4. The number of likely N-dealkylation sites (tertiary alicyclic amines) is 1. The first-order chi connectivity index (χ1) is 14.7. The zero-order chi connectivity index (χ0) is 20.5. The number of aromatic nitrogens is 1. The summed E-state index contributed by atoms with van der Waals surface area (Å²) in [4.78, 5) is 20.7. The number of halogens is 1. The third kappa shape index (κ3) is 3.75. The van der Waals surface area contributed by atoms with Crippen LogP contribution in [0.5, 0.6) is 0 Å². The largest absolute Gasteiger partial charge is 0.361 e. The Labute approximate surface area is 182 Å². The molecule has 0 unspecified atom stereocenters. The quantitative estimate of drug-likeness (QED) is 0.615. The number of carbonyl (C=O) groups is 1. The number of anilines is 1. The fraction of sp³-hybridized carbons (Fsp3) is 0.400. The number of rotatable bonds is 4. The predicted molar refractivity (Wildman–Crippen MR) is 123 cm³/mol. The van der Waals surface area contributed by atoms with Crippen molar-refractivity contribution in [2.24, 2.45) is 0 Å². The molecule has 2 aliphatic heterocycles. The van der Waals surface area contributed by atoms with Crippen molar-refractivity contribution in [1.29, 1.82) is 0 Å². The summed E-state index contributed by atoms with van der Waals surface area (Å²) >= 11 is 6.47. The van der Waals surface area contributed by atoms with Crippen LogP contribution in [-0.4, -0.2) is 42.0 Å². The minimum absolute atomic E-state index is 0.257. The van der Waals surface area contributed by atoms with Crippen molar-refractivity contribution in [3.05, 3.63) is 64.8 Å². The summed E-state index contributed by atoms with van der Waals surface area (Å²) in [7, 11) is 0. The Balaban J connectivity index is 1.18. The van der Waals surface area contributed by atoms with Crippen LogP contribution < -0.4 is 4.90 Å². The molecule has 1 saturated heterocycles. The molecule has 3 aromatic rings. The van der Waals surface area contributed by atoms with Gasteiger partial charge in [0.05, 0.1) is 5.02 Å². The Kier molecular flexibility index (Phi) is 5.53. The number of amides is 1. The van der Waals surface area contributed by atoms with Gasteiger partial charge in [-0.2, -0.15) is 0 Å². The van der Waals surface area contributed by atoms with E-state index in [2.05, 4.69) is 40.3 Å². The summed E-state index contributed by atoms with van der Waals surface area (Å²) in [5, 5.41) is 2.01. The highest BCUT2D eigenvalue weighted by Crippen LogP contribution is 2.36. The molecule has 5 rings (SSSR count). The highest BCUT2D eigenvalue weighted by Gasteiger charge is 2.26. The van der Waals surface area contributed by atoms with Crippen LogP contribution in [0, 0.1) is 0 Å². The lowest BCUT2D eigenvalue weighted by Crippen LogP contribution is -2.39. The number of carbonyl (C=O) groups excluding carboxylic acids is 1. The number of para-hydroxylation sites is 1. The van der Waals surface area contributed by atoms with Crippen LogP contribution in [0.2, 0.25) is 5.02 Å². The van der Waals surface area contributed by atoms with Crippen LogP contribution in [0.4, 0.5) is 5.69 Å². The van der Waals surface area contributed by atoms with Crippen LogP contribution in [0.3, 0.4) is 0 Å². The van der Waals surface area contributed by atoms with Gasteiger partial charge in [-0.05, 0) is 74.0 Å². The molecular formula is C25H28ClN3O. The number of hydrogen-bond donors (Lipinski definition) is 1. The summed E-state index contributed by atoms with van der Waals surface area (Å²) < 4.78 is 0. The van der Waals surface area contributed by atoms with E-state index in [0.717, 1.165) is 68.1 Å². The van der Waals surface area contributed by atoms with Gasteiger partial charge in [-0.15, -0.1) is 0 Å². The van der Waals surface area contributed by atoms with Gasteiger partial charge in [0.2, 0.25) is 5.91 Å². The van der Waals surface area contributed by atoms with Gasteiger partial charge < -0.3 is 14.8 Å². The van der Waals surface area contributed by atoms with Crippen molar-refractivity contribution < 1.29 is 4.79 Å². The maximum atomic E-state index is 12.9. The van der Waals surface area contributed by atoms with Crippen molar-refractivity contribution in [1.82, 2.24) is 9.88 Å². The first-order valence-electron chi connectivity index (χ1n) is 11.1. The molecule has 4 nitrogen and oxygen atoms in total. The molecule has 0 aliphatic carbocycles. The maximum absolute atomic E-state index is 12.9. The molecule has 156 valence electrons. The molecule has 0 radical (unpaired) electrons. The summed E-state index contributed by atoms with van der Waals surface area (Å²) in [6.07, 6.45) is 7.08. The van der Waals surface area contributed by atoms with E-state index in [9.17, 15) is 4.79 Å². The SMILES string of the molecule is O=C(CCN1CCC(c2c[nH]c3cccc(Cl)c23)CC1)N1CCCc2ccccc21. The van der Waals surface area contributed by atoms with Gasteiger partial charge in [-0.3, -0.25) is 4.79 Å². The second-order valence-corrected chi connectivity index (χ2v) is 8.96. The van der Waals surface area contributed by atoms with Crippen LogP contribution >= 0.6 is 11.6 Å². The van der Waals surface area contributed by atoms with E-state index in [1.807, 2.05) is 23.1 Å². The molecule has 1 N–H and O–H groups in total. The number of H-pyrrole nitrogens is 1. The van der Waals surface area contributed by atoms with E-state index >= 15 is 0 Å². The highest BCUT2D eigenvalue weighted by molar-refractivity contribution is 6.35. The van der Waals surface area contributed by atoms with Gasteiger partial charge in [-0.1, -0.05) is 35.9 Å². The molecule has 30 heavy (non-hydrogen) atoms. The van der Waals surface area contributed by atoms with Crippen LogP contribution in [-0.2, 0) is 11.2 Å². The minimum Gasteiger partial charge on any atom is -0.361 e. The van der Waals surface area contributed by atoms with E-state index < -0.39 is 0 Å². The molecule has 2 aliphatic rings. The maximum Gasteiger partial charge on any atom is 0.228 e. The number of aryl methyl sites for hydroxylation is 1. The van der Waals surface area contributed by atoms with E-state index in [0.29, 0.717) is 12.3 Å². The molecule has 5 heteroatoms. The average Bonchev–Trinajstić information content (AvgIpc) is 3.23.